The zero-order chi connectivity index (χ0) is 13.3. The van der Waals surface area contributed by atoms with Crippen molar-refractivity contribution >= 4 is 32.6 Å². The van der Waals surface area contributed by atoms with Crippen LogP contribution in [0.3, 0.4) is 0 Å². The van der Waals surface area contributed by atoms with Gasteiger partial charge in [-0.3, -0.25) is 0 Å². The third kappa shape index (κ3) is 2.72. The van der Waals surface area contributed by atoms with Crippen molar-refractivity contribution in [3.05, 3.63) is 29.8 Å². The molecule has 0 spiro atoms. The summed E-state index contributed by atoms with van der Waals surface area (Å²) in [5.41, 5.74) is 1.08. The van der Waals surface area contributed by atoms with Crippen LogP contribution in [-0.2, 0) is 10.0 Å². The molecule has 1 aliphatic rings. The van der Waals surface area contributed by atoms with E-state index in [2.05, 4.69) is 29.5 Å². The summed E-state index contributed by atoms with van der Waals surface area (Å²) in [5.74, 6) is 0. The summed E-state index contributed by atoms with van der Waals surface area (Å²) in [6.45, 7) is 4.68. The molecule has 0 saturated carbocycles. The number of nitrogens with zero attached hydrogens (tertiary/aromatic N) is 1. The van der Waals surface area contributed by atoms with Crippen LogP contribution in [0.4, 0.5) is 0 Å². The van der Waals surface area contributed by atoms with E-state index in [9.17, 15) is 8.42 Å². The van der Waals surface area contributed by atoms with Gasteiger partial charge in [-0.05, 0) is 31.9 Å². The van der Waals surface area contributed by atoms with Gasteiger partial charge in [0.15, 0.2) is 0 Å². The SMILES string of the molecule is Cc1ccc(S(=O)(=O)N2CCC[C@@H]2[C@H](C)I)cc1. The molecule has 1 fully saturated rings. The van der Waals surface area contributed by atoms with Crippen molar-refractivity contribution in [1.82, 2.24) is 4.31 Å². The monoisotopic (exact) mass is 379 g/mol. The van der Waals surface area contributed by atoms with Crippen LogP contribution in [-0.4, -0.2) is 29.2 Å². The average Bonchev–Trinajstić information content (AvgIpc) is 2.79. The maximum Gasteiger partial charge on any atom is 0.243 e. The zero-order valence-electron chi connectivity index (χ0n) is 10.6. The molecule has 1 saturated heterocycles. The normalized spacial score (nSPS) is 23.2. The smallest absolute Gasteiger partial charge is 0.207 e. The summed E-state index contributed by atoms with van der Waals surface area (Å²) in [5, 5.41) is 0. The number of aryl methyl sites for hydroxylation is 1. The molecule has 2 rings (SSSR count). The highest BCUT2D eigenvalue weighted by atomic mass is 127. The van der Waals surface area contributed by atoms with Gasteiger partial charge >= 0.3 is 0 Å². The molecule has 0 aromatic heterocycles. The molecular weight excluding hydrogens is 361 g/mol. The molecule has 0 N–H and O–H groups in total. The molecule has 100 valence electrons. The van der Waals surface area contributed by atoms with E-state index in [1.165, 1.54) is 0 Å². The molecule has 0 bridgehead atoms. The Kier molecular flexibility index (Phi) is 4.33. The van der Waals surface area contributed by atoms with Crippen LogP contribution in [0.15, 0.2) is 29.2 Å². The van der Waals surface area contributed by atoms with Gasteiger partial charge in [0.2, 0.25) is 10.0 Å². The minimum absolute atomic E-state index is 0.136. The third-order valence-corrected chi connectivity index (χ3v) is 6.17. The Balaban J connectivity index is 2.33. The van der Waals surface area contributed by atoms with Crippen molar-refractivity contribution in [3.8, 4) is 0 Å². The van der Waals surface area contributed by atoms with Crippen LogP contribution in [0.2, 0.25) is 0 Å². The largest absolute Gasteiger partial charge is 0.243 e. The number of hydrogen-bond donors (Lipinski definition) is 0. The van der Waals surface area contributed by atoms with Crippen molar-refractivity contribution in [2.45, 2.75) is 41.6 Å². The van der Waals surface area contributed by atoms with E-state index in [0.29, 0.717) is 15.4 Å². The highest BCUT2D eigenvalue weighted by Gasteiger charge is 2.37. The van der Waals surface area contributed by atoms with Crippen molar-refractivity contribution in [3.63, 3.8) is 0 Å². The lowest BCUT2D eigenvalue weighted by Crippen LogP contribution is -2.39. The minimum atomic E-state index is -3.32. The Morgan fingerprint density at radius 1 is 1.33 bits per heavy atom. The predicted octanol–water partition coefficient (Wildman–Crippen LogP) is 2.97. The molecule has 1 aromatic rings. The lowest BCUT2D eigenvalue weighted by molar-refractivity contribution is 0.391. The molecule has 0 unspecified atom stereocenters. The van der Waals surface area contributed by atoms with Crippen molar-refractivity contribution < 1.29 is 8.42 Å². The van der Waals surface area contributed by atoms with E-state index in [-0.39, 0.29) is 6.04 Å². The van der Waals surface area contributed by atoms with Gasteiger partial charge in [-0.25, -0.2) is 8.42 Å². The standard InChI is InChI=1S/C13H18INO2S/c1-10-5-7-12(8-6-10)18(16,17)15-9-3-4-13(15)11(2)14/h5-8,11,13H,3-4,9H2,1-2H3/t11-,13+/m0/s1. The Hall–Kier alpha value is -0.140. The maximum absolute atomic E-state index is 12.6. The Labute approximate surface area is 123 Å². The fourth-order valence-electron chi connectivity index (χ4n) is 2.37. The molecule has 1 aliphatic heterocycles. The third-order valence-electron chi connectivity index (χ3n) is 3.41. The van der Waals surface area contributed by atoms with E-state index < -0.39 is 10.0 Å². The molecule has 18 heavy (non-hydrogen) atoms. The Morgan fingerprint density at radius 3 is 2.50 bits per heavy atom. The molecular formula is C13H18INO2S. The van der Waals surface area contributed by atoms with Gasteiger partial charge in [0.25, 0.3) is 0 Å². The number of hydrogen-bond acceptors (Lipinski definition) is 2. The minimum Gasteiger partial charge on any atom is -0.207 e. The van der Waals surface area contributed by atoms with Gasteiger partial charge < -0.3 is 0 Å². The van der Waals surface area contributed by atoms with Crippen LogP contribution in [0.25, 0.3) is 0 Å². The first kappa shape index (κ1) is 14.3. The first-order valence-electron chi connectivity index (χ1n) is 6.15. The molecule has 0 radical (unpaired) electrons. The fourth-order valence-corrected chi connectivity index (χ4v) is 5.10. The molecule has 1 aromatic carbocycles. The summed E-state index contributed by atoms with van der Waals surface area (Å²) in [6.07, 6.45) is 1.93. The van der Waals surface area contributed by atoms with Gasteiger partial charge in [-0.2, -0.15) is 4.31 Å². The van der Waals surface area contributed by atoms with Gasteiger partial charge in [0, 0.05) is 16.5 Å². The molecule has 1 heterocycles. The lowest BCUT2D eigenvalue weighted by atomic mass is 10.2. The second-order valence-electron chi connectivity index (χ2n) is 4.82. The molecule has 2 atom stereocenters. The number of rotatable bonds is 3. The van der Waals surface area contributed by atoms with Gasteiger partial charge in [-0.1, -0.05) is 47.2 Å². The highest BCUT2D eigenvalue weighted by Crippen LogP contribution is 2.30. The Bertz CT molecular complexity index is 510. The molecule has 3 nitrogen and oxygen atoms in total. The predicted molar refractivity (Wildman–Crippen MR) is 81.6 cm³/mol. The molecule has 0 amide bonds. The van der Waals surface area contributed by atoms with Gasteiger partial charge in [-0.15, -0.1) is 0 Å². The van der Waals surface area contributed by atoms with Crippen molar-refractivity contribution in [2.75, 3.05) is 6.54 Å². The van der Waals surface area contributed by atoms with Crippen LogP contribution >= 0.6 is 22.6 Å². The van der Waals surface area contributed by atoms with Gasteiger partial charge in [0.05, 0.1) is 4.90 Å². The Morgan fingerprint density at radius 2 is 1.94 bits per heavy atom. The maximum atomic E-state index is 12.6. The molecule has 5 heteroatoms. The van der Waals surface area contributed by atoms with Crippen molar-refractivity contribution in [2.24, 2.45) is 0 Å². The number of alkyl halides is 1. The van der Waals surface area contributed by atoms with E-state index in [1.54, 1.807) is 16.4 Å². The van der Waals surface area contributed by atoms with Crippen LogP contribution in [0.1, 0.15) is 25.3 Å². The van der Waals surface area contributed by atoms with E-state index in [1.807, 2.05) is 19.1 Å². The summed E-state index contributed by atoms with van der Waals surface area (Å²) in [6, 6.07) is 7.25. The molecule has 0 aliphatic carbocycles. The number of sulfonamides is 1. The fraction of sp³-hybridized carbons (Fsp3) is 0.538. The van der Waals surface area contributed by atoms with Crippen LogP contribution in [0.5, 0.6) is 0 Å². The highest BCUT2D eigenvalue weighted by molar-refractivity contribution is 14.1. The topological polar surface area (TPSA) is 37.4 Å². The number of halogens is 1. The summed E-state index contributed by atoms with van der Waals surface area (Å²) in [7, 11) is -3.32. The number of benzene rings is 1. The van der Waals surface area contributed by atoms with E-state index >= 15 is 0 Å². The van der Waals surface area contributed by atoms with Crippen LogP contribution < -0.4 is 0 Å². The average molecular weight is 379 g/mol. The second kappa shape index (κ2) is 5.46. The second-order valence-corrected chi connectivity index (χ2v) is 8.67. The van der Waals surface area contributed by atoms with Crippen LogP contribution in [0, 0.1) is 6.92 Å². The lowest BCUT2D eigenvalue weighted by Gasteiger charge is -2.26. The van der Waals surface area contributed by atoms with Crippen molar-refractivity contribution in [1.29, 1.82) is 0 Å². The van der Waals surface area contributed by atoms with E-state index in [4.69, 9.17) is 0 Å². The van der Waals surface area contributed by atoms with Gasteiger partial charge in [0.1, 0.15) is 0 Å². The quantitative estimate of drug-likeness (QED) is 0.598. The van der Waals surface area contributed by atoms with E-state index in [0.717, 1.165) is 18.4 Å². The first-order valence-corrected chi connectivity index (χ1v) is 8.84. The summed E-state index contributed by atoms with van der Waals surface area (Å²) in [4.78, 5) is 0.414. The first-order chi connectivity index (χ1) is 8.43. The zero-order valence-corrected chi connectivity index (χ0v) is 13.6. The summed E-state index contributed by atoms with van der Waals surface area (Å²) < 4.78 is 27.2. The summed E-state index contributed by atoms with van der Waals surface area (Å²) >= 11 is 2.32.